The van der Waals surface area contributed by atoms with Crippen LogP contribution >= 0.6 is 0 Å². The van der Waals surface area contributed by atoms with Gasteiger partial charge < -0.3 is 26.2 Å². The molecule has 0 aliphatic heterocycles. The van der Waals surface area contributed by atoms with Gasteiger partial charge in [-0.1, -0.05) is 38.2 Å². The van der Waals surface area contributed by atoms with Gasteiger partial charge >= 0.3 is 0 Å². The molecule has 254 valence electrons. The first kappa shape index (κ1) is 33.5. The minimum atomic E-state index is -2.70. The largest absolute Gasteiger partial charge is 0.508 e. The summed E-state index contributed by atoms with van der Waals surface area (Å²) in [5.74, 6) is -6.34. The third-order valence-electron chi connectivity index (χ3n) is 11.0. The zero-order chi connectivity index (χ0) is 34.5. The first-order valence-electron chi connectivity index (χ1n) is 16.8. The summed E-state index contributed by atoms with van der Waals surface area (Å²) in [4.78, 5) is 58.5. The predicted molar refractivity (Wildman–Crippen MR) is 176 cm³/mol. The standard InChI is InChI=1S/C37H43N3O8/c1-40(2)30-25-17-23-16-24-20(11-10-19-7-4-3-5-8-19)15-21(12-13-26(41)22-9-6-14-39-18-22)31(42)28(24)32(43)27(23)34(45)37(25,48)35(46)29(33(30)44)36(38)47/h6,9,14-15,18-19,23,25,30,42-43,46,48H,3-5,7-8,10-13,16-17H2,1-2H3,(H2,38,47)/t23-,25-,30-,37-/m0/s1. The van der Waals surface area contributed by atoms with Crippen molar-refractivity contribution in [3.05, 3.63) is 75.3 Å². The maximum absolute atomic E-state index is 14.3. The van der Waals surface area contributed by atoms with E-state index in [4.69, 9.17) is 5.73 Å². The molecule has 11 heteroatoms. The fraction of sp³-hybridized carbons (Fsp3) is 0.486. The number of carbonyl (C=O) groups is 4. The number of fused-ring (bicyclic) bond motifs is 3. The summed E-state index contributed by atoms with van der Waals surface area (Å²) in [6, 6.07) is 4.12. The van der Waals surface area contributed by atoms with Gasteiger partial charge in [0.25, 0.3) is 5.91 Å². The van der Waals surface area contributed by atoms with Crippen molar-refractivity contribution in [3.8, 4) is 5.75 Å². The van der Waals surface area contributed by atoms with Crippen LogP contribution in [0.5, 0.6) is 5.75 Å². The van der Waals surface area contributed by atoms with E-state index in [1.54, 1.807) is 32.4 Å². The molecule has 11 nitrogen and oxygen atoms in total. The second kappa shape index (κ2) is 12.9. The van der Waals surface area contributed by atoms with Crippen molar-refractivity contribution in [2.24, 2.45) is 23.5 Å². The molecule has 0 spiro atoms. The summed E-state index contributed by atoms with van der Waals surface area (Å²) in [7, 11) is 3.16. The monoisotopic (exact) mass is 657 g/mol. The number of primary amides is 1. The molecule has 0 saturated heterocycles. The molecule has 6 N–H and O–H groups in total. The highest BCUT2D eigenvalue weighted by atomic mass is 16.3. The molecule has 0 unspecified atom stereocenters. The van der Waals surface area contributed by atoms with E-state index in [0.717, 1.165) is 24.8 Å². The number of aromatic hydroxyl groups is 1. The van der Waals surface area contributed by atoms with Crippen LogP contribution in [0.4, 0.5) is 0 Å². The SMILES string of the molecule is CN(C)[C@@H]1C(=O)C(C(N)=O)=C(O)[C@@]2(O)C(=O)C3=C(O)c4c(O)c(CCC(=O)c5cccnc5)cc(CCC5CCCCC5)c4C[C@H]3C[C@@H]12. The topological polar surface area (TPSA) is 191 Å². The van der Waals surface area contributed by atoms with Crippen LogP contribution in [0.25, 0.3) is 5.76 Å². The van der Waals surface area contributed by atoms with Crippen molar-refractivity contribution in [3.63, 3.8) is 0 Å². The Morgan fingerprint density at radius 1 is 1.06 bits per heavy atom. The molecular weight excluding hydrogens is 614 g/mol. The van der Waals surface area contributed by atoms with Crippen molar-refractivity contribution < 1.29 is 39.6 Å². The molecule has 1 amide bonds. The van der Waals surface area contributed by atoms with Crippen LogP contribution in [0.3, 0.4) is 0 Å². The number of rotatable bonds is 9. The number of Topliss-reactive ketones (excluding diaryl/α,β-unsaturated/α-hetero) is 3. The lowest BCUT2D eigenvalue weighted by Gasteiger charge is -2.50. The number of aryl methyl sites for hydroxylation is 2. The Morgan fingerprint density at radius 3 is 2.44 bits per heavy atom. The van der Waals surface area contributed by atoms with Gasteiger partial charge in [-0.3, -0.25) is 29.1 Å². The quantitative estimate of drug-likeness (QED) is 0.196. The van der Waals surface area contributed by atoms with Crippen molar-refractivity contribution >= 4 is 29.0 Å². The normalized spacial score (nSPS) is 26.0. The molecule has 4 aliphatic carbocycles. The minimum Gasteiger partial charge on any atom is -0.508 e. The van der Waals surface area contributed by atoms with Gasteiger partial charge in [0.2, 0.25) is 5.78 Å². The number of phenolic OH excluding ortho intramolecular Hbond substituents is 1. The number of ketones is 3. The molecule has 1 heterocycles. The van der Waals surface area contributed by atoms with E-state index in [-0.39, 0.29) is 48.4 Å². The number of likely N-dealkylation sites (N-methyl/N-ethyl adjacent to an activating group) is 1. The maximum atomic E-state index is 14.3. The van der Waals surface area contributed by atoms with Gasteiger partial charge in [0.05, 0.1) is 11.6 Å². The van der Waals surface area contributed by atoms with Crippen LogP contribution in [-0.2, 0) is 33.6 Å². The number of pyridine rings is 1. The maximum Gasteiger partial charge on any atom is 0.255 e. The second-order valence-corrected chi connectivity index (χ2v) is 14.1. The van der Waals surface area contributed by atoms with Gasteiger partial charge in [0.1, 0.15) is 22.8 Å². The van der Waals surface area contributed by atoms with E-state index in [1.165, 1.54) is 30.4 Å². The number of aliphatic hydroxyl groups is 3. The fourth-order valence-electron chi connectivity index (χ4n) is 8.62. The lowest BCUT2D eigenvalue weighted by molar-refractivity contribution is -0.153. The molecule has 2 fully saturated rings. The molecule has 4 atom stereocenters. The van der Waals surface area contributed by atoms with Crippen LogP contribution in [0.15, 0.2) is 47.5 Å². The molecule has 2 aromatic rings. The van der Waals surface area contributed by atoms with Crippen molar-refractivity contribution in [2.45, 2.75) is 82.3 Å². The average Bonchev–Trinajstić information content (AvgIpc) is 3.06. The number of nitrogens with zero attached hydrogens (tertiary/aromatic N) is 2. The van der Waals surface area contributed by atoms with E-state index in [2.05, 4.69) is 4.98 Å². The number of phenols is 1. The first-order chi connectivity index (χ1) is 22.9. The molecule has 0 radical (unpaired) electrons. The fourth-order valence-corrected chi connectivity index (χ4v) is 8.62. The number of hydrogen-bond donors (Lipinski definition) is 5. The molecule has 1 aromatic heterocycles. The lowest BCUT2D eigenvalue weighted by atomic mass is 9.57. The number of aromatic nitrogens is 1. The van der Waals surface area contributed by atoms with Gasteiger partial charge in [-0.05, 0) is 86.9 Å². The summed E-state index contributed by atoms with van der Waals surface area (Å²) >= 11 is 0. The van der Waals surface area contributed by atoms with Gasteiger partial charge in [-0.15, -0.1) is 0 Å². The summed E-state index contributed by atoms with van der Waals surface area (Å²) in [5, 5.41) is 46.6. The van der Waals surface area contributed by atoms with Crippen molar-refractivity contribution in [1.82, 2.24) is 9.88 Å². The minimum absolute atomic E-state index is 0.0377. The van der Waals surface area contributed by atoms with Crippen molar-refractivity contribution in [1.29, 1.82) is 0 Å². The number of carbonyl (C=O) groups excluding carboxylic acids is 4. The van der Waals surface area contributed by atoms with Gasteiger partial charge in [0, 0.05) is 35.9 Å². The smallest absolute Gasteiger partial charge is 0.255 e. The number of benzene rings is 1. The first-order valence-corrected chi connectivity index (χ1v) is 16.8. The van der Waals surface area contributed by atoms with Gasteiger partial charge in [-0.25, -0.2) is 0 Å². The van der Waals surface area contributed by atoms with E-state index in [1.807, 2.05) is 6.07 Å². The number of nitrogens with two attached hydrogens (primary N) is 1. The highest BCUT2D eigenvalue weighted by Crippen LogP contribution is 2.53. The average molecular weight is 658 g/mol. The zero-order valence-electron chi connectivity index (χ0n) is 27.4. The molecule has 4 aliphatic rings. The number of aliphatic hydroxyl groups excluding tert-OH is 2. The summed E-state index contributed by atoms with van der Waals surface area (Å²) in [5.41, 5.74) is 4.30. The molecule has 1 aromatic carbocycles. The van der Waals surface area contributed by atoms with Crippen LogP contribution in [0.1, 0.15) is 84.0 Å². The Bertz CT molecular complexity index is 1740. The number of hydrogen-bond acceptors (Lipinski definition) is 10. The molecule has 2 saturated carbocycles. The lowest BCUT2D eigenvalue weighted by Crippen LogP contribution is -2.65. The van der Waals surface area contributed by atoms with E-state index < -0.39 is 58.0 Å². The van der Waals surface area contributed by atoms with E-state index in [0.29, 0.717) is 29.0 Å². The highest BCUT2D eigenvalue weighted by Gasteiger charge is 2.64. The third kappa shape index (κ3) is 5.52. The van der Waals surface area contributed by atoms with E-state index >= 15 is 0 Å². The zero-order valence-corrected chi connectivity index (χ0v) is 27.4. The molecular formula is C37H43N3O8. The van der Waals surface area contributed by atoms with Crippen LogP contribution in [0.2, 0.25) is 0 Å². The Balaban J connectivity index is 1.45. The number of amides is 1. The third-order valence-corrected chi connectivity index (χ3v) is 11.0. The predicted octanol–water partition coefficient (Wildman–Crippen LogP) is 3.69. The molecule has 0 bridgehead atoms. The summed E-state index contributed by atoms with van der Waals surface area (Å²) in [6.07, 6.45) is 11.1. The molecule has 48 heavy (non-hydrogen) atoms. The Kier molecular flexibility index (Phi) is 9.04. The van der Waals surface area contributed by atoms with Gasteiger partial charge in [0.15, 0.2) is 17.2 Å². The highest BCUT2D eigenvalue weighted by molar-refractivity contribution is 6.24. The Morgan fingerprint density at radius 2 is 1.79 bits per heavy atom. The van der Waals surface area contributed by atoms with Crippen LogP contribution in [-0.4, -0.2) is 79.3 Å². The van der Waals surface area contributed by atoms with Crippen LogP contribution < -0.4 is 5.73 Å². The molecule has 6 rings (SSSR count). The second-order valence-electron chi connectivity index (χ2n) is 14.1. The van der Waals surface area contributed by atoms with Crippen molar-refractivity contribution in [2.75, 3.05) is 14.1 Å². The van der Waals surface area contributed by atoms with E-state index in [9.17, 15) is 39.6 Å². The Hall–Kier alpha value is -4.35. The Labute approximate surface area is 279 Å². The van der Waals surface area contributed by atoms with Gasteiger partial charge in [-0.2, -0.15) is 0 Å². The van der Waals surface area contributed by atoms with Crippen LogP contribution in [0, 0.1) is 17.8 Å². The summed E-state index contributed by atoms with van der Waals surface area (Å²) < 4.78 is 0. The summed E-state index contributed by atoms with van der Waals surface area (Å²) in [6.45, 7) is 0.